The summed E-state index contributed by atoms with van der Waals surface area (Å²) in [7, 11) is 1.91. The maximum Gasteiger partial charge on any atom is 0.242 e. The number of likely N-dealkylation sites (N-methyl/N-ethyl adjacent to an activating group) is 1. The third kappa shape index (κ3) is 2.75. The minimum Gasteiger partial charge on any atom is -0.339 e. The van der Waals surface area contributed by atoms with Crippen LogP contribution in [0.2, 0.25) is 0 Å². The van der Waals surface area contributed by atoms with Crippen molar-refractivity contribution in [2.24, 2.45) is 0 Å². The van der Waals surface area contributed by atoms with Crippen LogP contribution in [0.15, 0.2) is 11.4 Å². The van der Waals surface area contributed by atoms with Crippen molar-refractivity contribution in [3.63, 3.8) is 0 Å². The van der Waals surface area contributed by atoms with Gasteiger partial charge in [-0.05, 0) is 56.7 Å². The average Bonchev–Trinajstić information content (AvgIpc) is 2.75. The summed E-state index contributed by atoms with van der Waals surface area (Å²) in [4.78, 5) is 15.7. The summed E-state index contributed by atoms with van der Waals surface area (Å²) in [5.41, 5.74) is 0.916. The number of hydrogen-bond acceptors (Lipinski definition) is 3. The van der Waals surface area contributed by atoms with Gasteiger partial charge in [-0.3, -0.25) is 4.79 Å². The van der Waals surface area contributed by atoms with E-state index in [1.54, 1.807) is 11.3 Å². The van der Waals surface area contributed by atoms with E-state index in [-0.39, 0.29) is 11.4 Å². The third-order valence-corrected chi connectivity index (χ3v) is 4.79. The number of carbonyl (C=O) groups excluding carboxylic acids is 1. The fourth-order valence-electron chi connectivity index (χ4n) is 2.51. The van der Waals surface area contributed by atoms with Gasteiger partial charge in [-0.15, -0.1) is 11.3 Å². The smallest absolute Gasteiger partial charge is 0.242 e. The highest BCUT2D eigenvalue weighted by Crippen LogP contribution is 2.23. The molecule has 0 aromatic carbocycles. The van der Waals surface area contributed by atoms with Gasteiger partial charge in [0.2, 0.25) is 5.91 Å². The normalized spacial score (nSPS) is 23.9. The molecule has 0 bridgehead atoms. The molecule has 2 rings (SSSR count). The maximum atomic E-state index is 12.5. The van der Waals surface area contributed by atoms with Gasteiger partial charge in [0, 0.05) is 11.9 Å². The fourth-order valence-corrected chi connectivity index (χ4v) is 3.47. The predicted octanol–water partition coefficient (Wildman–Crippen LogP) is 2.55. The summed E-state index contributed by atoms with van der Waals surface area (Å²) in [5.74, 6) is 0.218. The fraction of sp³-hybridized carbons (Fsp3) is 0.643. The lowest BCUT2D eigenvalue weighted by Gasteiger charge is -2.36. The lowest BCUT2D eigenvalue weighted by atomic mass is 9.89. The summed E-state index contributed by atoms with van der Waals surface area (Å²) in [6.07, 6.45) is 3.26. The Morgan fingerprint density at radius 2 is 2.33 bits per heavy atom. The van der Waals surface area contributed by atoms with Gasteiger partial charge >= 0.3 is 0 Å². The van der Waals surface area contributed by atoms with Crippen molar-refractivity contribution in [2.45, 2.75) is 45.2 Å². The molecule has 1 aliphatic heterocycles. The lowest BCUT2D eigenvalue weighted by Crippen LogP contribution is -2.57. The van der Waals surface area contributed by atoms with Crippen LogP contribution in [0.4, 0.5) is 0 Å². The van der Waals surface area contributed by atoms with E-state index in [9.17, 15) is 4.79 Å². The molecule has 1 amide bonds. The lowest BCUT2D eigenvalue weighted by molar-refractivity contribution is -0.137. The van der Waals surface area contributed by atoms with E-state index in [0.29, 0.717) is 0 Å². The highest BCUT2D eigenvalue weighted by Gasteiger charge is 2.36. The van der Waals surface area contributed by atoms with Crippen LogP contribution in [-0.2, 0) is 11.3 Å². The van der Waals surface area contributed by atoms with Gasteiger partial charge in [-0.1, -0.05) is 0 Å². The summed E-state index contributed by atoms with van der Waals surface area (Å²) in [6.45, 7) is 5.81. The van der Waals surface area contributed by atoms with Crippen LogP contribution in [0, 0.1) is 6.92 Å². The van der Waals surface area contributed by atoms with Crippen molar-refractivity contribution in [3.8, 4) is 0 Å². The minimum atomic E-state index is -0.363. The molecule has 0 aliphatic carbocycles. The van der Waals surface area contributed by atoms with Crippen LogP contribution < -0.4 is 5.32 Å². The van der Waals surface area contributed by atoms with Gasteiger partial charge in [0.15, 0.2) is 0 Å². The van der Waals surface area contributed by atoms with E-state index in [1.807, 2.05) is 18.9 Å². The number of thiophene rings is 1. The first-order valence-electron chi connectivity index (χ1n) is 6.56. The Hall–Kier alpha value is -0.870. The third-order valence-electron chi connectivity index (χ3n) is 3.79. The predicted molar refractivity (Wildman–Crippen MR) is 75.8 cm³/mol. The molecular weight excluding hydrogens is 244 g/mol. The Kier molecular flexibility index (Phi) is 4.07. The molecule has 1 atom stereocenters. The van der Waals surface area contributed by atoms with Crippen LogP contribution in [0.3, 0.4) is 0 Å². The summed E-state index contributed by atoms with van der Waals surface area (Å²) in [5, 5.41) is 5.47. The number of aryl methyl sites for hydroxylation is 1. The molecule has 3 nitrogen and oxygen atoms in total. The zero-order valence-corrected chi connectivity index (χ0v) is 12.3. The number of piperidine rings is 1. The Balaban J connectivity index is 2.02. The van der Waals surface area contributed by atoms with Crippen LogP contribution in [-0.4, -0.2) is 29.9 Å². The van der Waals surface area contributed by atoms with Crippen molar-refractivity contribution >= 4 is 17.2 Å². The largest absolute Gasteiger partial charge is 0.339 e. The molecule has 2 heterocycles. The van der Waals surface area contributed by atoms with Gasteiger partial charge in [-0.25, -0.2) is 0 Å². The van der Waals surface area contributed by atoms with Crippen molar-refractivity contribution in [2.75, 3.05) is 13.6 Å². The maximum absolute atomic E-state index is 12.5. The molecule has 1 unspecified atom stereocenters. The Morgan fingerprint density at radius 1 is 1.56 bits per heavy atom. The van der Waals surface area contributed by atoms with Crippen LogP contribution in [0.1, 0.15) is 36.6 Å². The molecule has 1 aromatic heterocycles. The number of carbonyl (C=O) groups is 1. The first-order valence-corrected chi connectivity index (χ1v) is 7.44. The second-order valence-corrected chi connectivity index (χ2v) is 6.40. The molecule has 100 valence electrons. The number of hydrogen-bond donors (Lipinski definition) is 1. The number of amides is 1. The molecule has 1 aliphatic rings. The SMILES string of the molecule is Cc1ccsc1CN(C)C(=O)C1(C)CCCCN1. The molecule has 1 N–H and O–H groups in total. The van der Waals surface area contributed by atoms with Crippen molar-refractivity contribution in [1.29, 1.82) is 0 Å². The van der Waals surface area contributed by atoms with Crippen molar-refractivity contribution in [3.05, 3.63) is 21.9 Å². The molecule has 4 heteroatoms. The Morgan fingerprint density at radius 3 is 2.89 bits per heavy atom. The molecule has 18 heavy (non-hydrogen) atoms. The van der Waals surface area contributed by atoms with Crippen LogP contribution in [0.25, 0.3) is 0 Å². The van der Waals surface area contributed by atoms with Gasteiger partial charge in [0.25, 0.3) is 0 Å². The quantitative estimate of drug-likeness (QED) is 0.912. The molecule has 0 spiro atoms. The van der Waals surface area contributed by atoms with Gasteiger partial charge in [0.1, 0.15) is 0 Å². The molecule has 0 saturated carbocycles. The van der Waals surface area contributed by atoms with E-state index in [2.05, 4.69) is 23.7 Å². The average molecular weight is 266 g/mol. The van der Waals surface area contributed by atoms with E-state index in [0.717, 1.165) is 25.9 Å². The summed E-state index contributed by atoms with van der Waals surface area (Å²) < 4.78 is 0. The first-order chi connectivity index (χ1) is 8.53. The zero-order valence-electron chi connectivity index (χ0n) is 11.5. The standard InChI is InChI=1S/C14H22N2OS/c1-11-6-9-18-12(11)10-16(3)13(17)14(2)7-4-5-8-15-14/h6,9,15H,4-5,7-8,10H2,1-3H3. The van der Waals surface area contributed by atoms with Crippen molar-refractivity contribution < 1.29 is 4.79 Å². The molecule has 1 saturated heterocycles. The highest BCUT2D eigenvalue weighted by molar-refractivity contribution is 7.10. The number of rotatable bonds is 3. The molecule has 0 radical (unpaired) electrons. The van der Waals surface area contributed by atoms with Gasteiger partial charge in [-0.2, -0.15) is 0 Å². The molecule has 1 aromatic rings. The van der Waals surface area contributed by atoms with Gasteiger partial charge in [0.05, 0.1) is 12.1 Å². The van der Waals surface area contributed by atoms with E-state index in [1.165, 1.54) is 16.9 Å². The van der Waals surface area contributed by atoms with E-state index < -0.39 is 0 Å². The zero-order chi connectivity index (χ0) is 13.2. The van der Waals surface area contributed by atoms with E-state index in [4.69, 9.17) is 0 Å². The summed E-state index contributed by atoms with van der Waals surface area (Å²) >= 11 is 1.73. The molecular formula is C14H22N2OS. The Labute approximate surface area is 113 Å². The van der Waals surface area contributed by atoms with Crippen LogP contribution in [0.5, 0.6) is 0 Å². The van der Waals surface area contributed by atoms with E-state index >= 15 is 0 Å². The molecule has 1 fully saturated rings. The highest BCUT2D eigenvalue weighted by atomic mass is 32.1. The second kappa shape index (κ2) is 5.41. The topological polar surface area (TPSA) is 32.3 Å². The number of nitrogens with one attached hydrogen (secondary N) is 1. The Bertz CT molecular complexity index is 421. The minimum absolute atomic E-state index is 0.218. The second-order valence-electron chi connectivity index (χ2n) is 5.40. The first kappa shape index (κ1) is 13.6. The number of nitrogens with zero attached hydrogens (tertiary/aromatic N) is 1. The summed E-state index contributed by atoms with van der Waals surface area (Å²) in [6, 6.07) is 2.11. The monoisotopic (exact) mass is 266 g/mol. The van der Waals surface area contributed by atoms with Gasteiger partial charge < -0.3 is 10.2 Å². The van der Waals surface area contributed by atoms with Crippen molar-refractivity contribution in [1.82, 2.24) is 10.2 Å². The van der Waals surface area contributed by atoms with Crippen LogP contribution >= 0.6 is 11.3 Å².